The van der Waals surface area contributed by atoms with E-state index in [4.69, 9.17) is 5.73 Å². The lowest BCUT2D eigenvalue weighted by atomic mass is 10.3. The van der Waals surface area contributed by atoms with E-state index in [2.05, 4.69) is 24.7 Å². The minimum absolute atomic E-state index is 0.0201. The van der Waals surface area contributed by atoms with Crippen LogP contribution in [0.1, 0.15) is 10.5 Å². The highest BCUT2D eigenvalue weighted by molar-refractivity contribution is 7.99. The average Bonchev–Trinajstić information content (AvgIpc) is 2.66. The fourth-order valence-corrected chi connectivity index (χ4v) is 1.85. The Labute approximate surface area is 105 Å². The molecule has 0 saturated carbocycles. The number of thioether (sulfide) groups is 1. The monoisotopic (exact) mass is 268 g/mol. The van der Waals surface area contributed by atoms with Crippen molar-refractivity contribution in [1.82, 2.24) is 20.2 Å². The maximum atomic E-state index is 11.8. The van der Waals surface area contributed by atoms with Gasteiger partial charge in [-0.15, -0.1) is 0 Å². The molecule has 2 rings (SSSR count). The maximum Gasteiger partial charge on any atom is 0.300 e. The van der Waals surface area contributed by atoms with E-state index in [9.17, 15) is 9.90 Å². The Bertz CT molecular complexity index is 566. The molecule has 0 radical (unpaired) electrons. The van der Waals surface area contributed by atoms with Crippen LogP contribution in [0.2, 0.25) is 0 Å². The van der Waals surface area contributed by atoms with Gasteiger partial charge in [0, 0.05) is 0 Å². The topological polar surface area (TPSA) is 135 Å². The number of ketones is 1. The van der Waals surface area contributed by atoms with Gasteiger partial charge < -0.3 is 15.4 Å². The summed E-state index contributed by atoms with van der Waals surface area (Å²) in [6, 6.07) is 0. The SMILES string of the molecule is C[n+]1noc([O-])c1C(=O)CSc1ncnc(N)n1. The number of anilines is 1. The molecule has 0 aliphatic carbocycles. The van der Waals surface area contributed by atoms with Gasteiger partial charge in [-0.1, -0.05) is 16.4 Å². The maximum absolute atomic E-state index is 11.8. The van der Waals surface area contributed by atoms with Gasteiger partial charge in [0.05, 0.1) is 11.0 Å². The van der Waals surface area contributed by atoms with Crippen LogP contribution in [-0.2, 0) is 7.05 Å². The Morgan fingerprint density at radius 1 is 1.61 bits per heavy atom. The second kappa shape index (κ2) is 4.96. The van der Waals surface area contributed by atoms with Crippen molar-refractivity contribution in [2.45, 2.75) is 5.16 Å². The summed E-state index contributed by atoms with van der Waals surface area (Å²) >= 11 is 1.04. The summed E-state index contributed by atoms with van der Waals surface area (Å²) in [4.78, 5) is 23.0. The zero-order valence-electron chi connectivity index (χ0n) is 9.23. The van der Waals surface area contributed by atoms with Gasteiger partial charge in [0.15, 0.2) is 18.2 Å². The van der Waals surface area contributed by atoms with Crippen molar-refractivity contribution in [2.75, 3.05) is 11.5 Å². The summed E-state index contributed by atoms with van der Waals surface area (Å²) in [5, 5.41) is 14.9. The predicted octanol–water partition coefficient (Wildman–Crippen LogP) is -1.69. The number of Topliss-reactive ketones (excluding diaryl/α,β-unsaturated/α-hetero) is 1. The van der Waals surface area contributed by atoms with E-state index in [-0.39, 0.29) is 17.4 Å². The molecule has 0 saturated heterocycles. The Morgan fingerprint density at radius 2 is 2.39 bits per heavy atom. The molecule has 10 heteroatoms. The average molecular weight is 268 g/mol. The molecule has 9 nitrogen and oxygen atoms in total. The molecule has 0 aliphatic rings. The number of nitrogens with two attached hydrogens (primary N) is 1. The number of nitrogens with zero attached hydrogens (tertiary/aromatic N) is 5. The highest BCUT2D eigenvalue weighted by Crippen LogP contribution is 2.16. The normalized spacial score (nSPS) is 10.5. The number of rotatable bonds is 4. The van der Waals surface area contributed by atoms with E-state index in [0.717, 1.165) is 16.4 Å². The minimum atomic E-state index is -0.765. The van der Waals surface area contributed by atoms with E-state index < -0.39 is 11.7 Å². The van der Waals surface area contributed by atoms with Gasteiger partial charge in [0.2, 0.25) is 11.7 Å². The van der Waals surface area contributed by atoms with E-state index >= 15 is 0 Å². The lowest BCUT2D eigenvalue weighted by Crippen LogP contribution is -2.37. The van der Waals surface area contributed by atoms with Crippen LogP contribution < -0.4 is 15.5 Å². The first-order valence-corrected chi connectivity index (χ1v) is 5.70. The van der Waals surface area contributed by atoms with Gasteiger partial charge in [0.1, 0.15) is 6.33 Å². The predicted molar refractivity (Wildman–Crippen MR) is 56.4 cm³/mol. The van der Waals surface area contributed by atoms with E-state index in [1.54, 1.807) is 0 Å². The number of aromatic nitrogens is 5. The van der Waals surface area contributed by atoms with Crippen LogP contribution in [0, 0.1) is 0 Å². The summed E-state index contributed by atoms with van der Waals surface area (Å²) in [5.74, 6) is -1.14. The molecule has 2 N–H and O–H groups in total. The largest absolute Gasteiger partial charge is 0.539 e. The third kappa shape index (κ3) is 2.53. The summed E-state index contributed by atoms with van der Waals surface area (Å²) in [7, 11) is 1.45. The van der Waals surface area contributed by atoms with Crippen molar-refractivity contribution in [3.63, 3.8) is 0 Å². The Kier molecular flexibility index (Phi) is 3.37. The van der Waals surface area contributed by atoms with Crippen molar-refractivity contribution in [2.24, 2.45) is 7.05 Å². The molecule has 2 aromatic rings. The Hall–Kier alpha value is -2.23. The van der Waals surface area contributed by atoms with Gasteiger partial charge >= 0.3 is 0 Å². The zero-order valence-corrected chi connectivity index (χ0v) is 10.0. The number of hydrogen-bond acceptors (Lipinski definition) is 9. The van der Waals surface area contributed by atoms with Crippen LogP contribution in [0.15, 0.2) is 16.0 Å². The third-order valence-corrected chi connectivity index (χ3v) is 2.79. The second-order valence-electron chi connectivity index (χ2n) is 3.17. The van der Waals surface area contributed by atoms with Gasteiger partial charge in [-0.05, 0) is 0 Å². The first kappa shape index (κ1) is 12.2. The molecule has 94 valence electrons. The van der Waals surface area contributed by atoms with Crippen molar-refractivity contribution in [3.8, 4) is 5.95 Å². The smallest absolute Gasteiger partial charge is 0.300 e. The highest BCUT2D eigenvalue weighted by atomic mass is 32.2. The molecule has 0 aromatic carbocycles. The molecule has 0 amide bonds. The molecule has 0 spiro atoms. The molecule has 0 aliphatic heterocycles. The first-order chi connectivity index (χ1) is 8.58. The third-order valence-electron chi connectivity index (χ3n) is 1.93. The van der Waals surface area contributed by atoms with E-state index in [0.29, 0.717) is 5.16 Å². The Morgan fingerprint density at radius 3 is 3.00 bits per heavy atom. The van der Waals surface area contributed by atoms with Crippen LogP contribution in [-0.4, -0.2) is 31.8 Å². The lowest BCUT2D eigenvalue weighted by molar-refractivity contribution is -0.741. The first-order valence-electron chi connectivity index (χ1n) is 4.71. The summed E-state index contributed by atoms with van der Waals surface area (Å²) in [6.07, 6.45) is 1.24. The number of carbonyl (C=O) groups excluding carboxylic acids is 1. The van der Waals surface area contributed by atoms with Gasteiger partial charge in [0.25, 0.3) is 5.69 Å². The molecular formula is C8H8N6O3S. The van der Waals surface area contributed by atoms with Gasteiger partial charge in [-0.25, -0.2) is 9.97 Å². The fourth-order valence-electron chi connectivity index (χ4n) is 1.17. The second-order valence-corrected chi connectivity index (χ2v) is 4.11. The molecule has 2 heterocycles. The van der Waals surface area contributed by atoms with Crippen LogP contribution in [0.5, 0.6) is 5.95 Å². The number of carbonyl (C=O) groups is 1. The molecule has 0 atom stereocenters. The number of nitrogen functional groups attached to an aromatic ring is 1. The highest BCUT2D eigenvalue weighted by Gasteiger charge is 2.22. The number of aryl methyl sites for hydroxylation is 1. The van der Waals surface area contributed by atoms with Crippen LogP contribution in [0.25, 0.3) is 0 Å². The molecule has 18 heavy (non-hydrogen) atoms. The van der Waals surface area contributed by atoms with Crippen molar-refractivity contribution < 1.29 is 19.1 Å². The standard InChI is InChI=1S/C8H8N6O3S/c1-14-5(6(16)17-13-14)4(15)2-18-8-11-3-10-7(9)12-8/h3H,2H2,1H3,(H2-,9,10,11,12,13,15,16). The molecule has 2 aromatic heterocycles. The molecule has 0 bridgehead atoms. The van der Waals surface area contributed by atoms with Crippen molar-refractivity contribution in [1.29, 1.82) is 0 Å². The fraction of sp³-hybridized carbons (Fsp3) is 0.250. The molecular weight excluding hydrogens is 260 g/mol. The summed E-state index contributed by atoms with van der Waals surface area (Å²) in [6.45, 7) is 0. The van der Waals surface area contributed by atoms with Crippen molar-refractivity contribution in [3.05, 3.63) is 12.0 Å². The van der Waals surface area contributed by atoms with Crippen molar-refractivity contribution >= 4 is 23.5 Å². The van der Waals surface area contributed by atoms with Gasteiger partial charge in [-0.3, -0.25) is 4.79 Å². The molecule has 0 unspecified atom stereocenters. The molecule has 0 fully saturated rings. The minimum Gasteiger partial charge on any atom is -0.539 e. The number of hydrogen-bond donors (Lipinski definition) is 1. The van der Waals surface area contributed by atoms with Crippen LogP contribution >= 0.6 is 11.8 Å². The quantitative estimate of drug-likeness (QED) is 0.391. The van der Waals surface area contributed by atoms with E-state index in [1.165, 1.54) is 13.4 Å². The Balaban J connectivity index is 2.05. The lowest BCUT2D eigenvalue weighted by Gasteiger charge is -1.98. The summed E-state index contributed by atoms with van der Waals surface area (Å²) < 4.78 is 5.44. The summed E-state index contributed by atoms with van der Waals surface area (Å²) in [5.41, 5.74) is 5.25. The van der Waals surface area contributed by atoms with E-state index in [1.807, 2.05) is 0 Å². The van der Waals surface area contributed by atoms with Crippen LogP contribution in [0.3, 0.4) is 0 Å². The van der Waals surface area contributed by atoms with Crippen LogP contribution in [0.4, 0.5) is 5.95 Å². The van der Waals surface area contributed by atoms with Gasteiger partial charge in [-0.2, -0.15) is 4.98 Å². The zero-order chi connectivity index (χ0) is 13.1.